The molecule has 0 aromatic heterocycles. The number of esters is 1. The lowest BCUT2D eigenvalue weighted by molar-refractivity contribution is -0.145. The van der Waals surface area contributed by atoms with Gasteiger partial charge in [0.1, 0.15) is 5.60 Å². The van der Waals surface area contributed by atoms with Crippen molar-refractivity contribution in [2.75, 3.05) is 0 Å². The Hall–Kier alpha value is -0.450. The van der Waals surface area contributed by atoms with Gasteiger partial charge in [-0.1, -0.05) is 32.9 Å². The van der Waals surface area contributed by atoms with Crippen LogP contribution in [0.2, 0.25) is 0 Å². The predicted octanol–water partition coefficient (Wildman–Crippen LogP) is 2.55. The lowest BCUT2D eigenvalue weighted by Crippen LogP contribution is -2.27. The molecule has 0 unspecified atom stereocenters. The van der Waals surface area contributed by atoms with E-state index in [1.165, 1.54) is 0 Å². The third-order valence-corrected chi connectivity index (χ3v) is 3.45. The van der Waals surface area contributed by atoms with Crippen molar-refractivity contribution in [1.29, 1.82) is 0 Å². The number of hydrogen-bond donors (Lipinski definition) is 0. The largest absolute Gasteiger partial charge is 0.456 e. The van der Waals surface area contributed by atoms with Gasteiger partial charge in [0.05, 0.1) is 3.51 Å². The number of hydrogen-bond acceptors (Lipinski definition) is 2. The fourth-order valence-corrected chi connectivity index (χ4v) is 2.38. The van der Waals surface area contributed by atoms with Gasteiger partial charge in [-0.25, -0.2) is 4.79 Å². The maximum absolute atomic E-state index is 11.5. The minimum absolute atomic E-state index is 0.166. The maximum Gasteiger partial charge on any atom is 0.344 e. The smallest absolute Gasteiger partial charge is 0.344 e. The fourth-order valence-electron chi connectivity index (χ4n) is 0.762. The molecule has 0 amide bonds. The van der Waals surface area contributed by atoms with Crippen molar-refractivity contribution in [2.45, 2.75) is 26.4 Å². The molecule has 13 heavy (non-hydrogen) atoms. The van der Waals surface area contributed by atoms with Gasteiger partial charge in [0.15, 0.2) is 0 Å². The summed E-state index contributed by atoms with van der Waals surface area (Å²) in [6.45, 7) is 5.64. The second kappa shape index (κ2) is 4.17. The summed E-state index contributed by atoms with van der Waals surface area (Å²) in [6, 6.07) is 0. The average molecular weight is 292 g/mol. The van der Waals surface area contributed by atoms with Gasteiger partial charge in [-0.15, -0.1) is 0 Å². The standard InChI is InChI=1S/C10H13IO2/c1-10(2,3)13-9(12)8-6-4-5-7-11-8/h4-7H,1-3H3. The van der Waals surface area contributed by atoms with Crippen LogP contribution >= 0.6 is 20.7 Å². The Morgan fingerprint density at radius 3 is 2.54 bits per heavy atom. The van der Waals surface area contributed by atoms with Crippen LogP contribution in [0.4, 0.5) is 0 Å². The normalized spacial score (nSPS) is 16.1. The van der Waals surface area contributed by atoms with Crippen LogP contribution in [0.3, 0.4) is 0 Å². The van der Waals surface area contributed by atoms with Crippen LogP contribution in [-0.2, 0) is 9.53 Å². The van der Waals surface area contributed by atoms with Gasteiger partial charge in [0, 0.05) is 0 Å². The number of rotatable bonds is 1. The van der Waals surface area contributed by atoms with Gasteiger partial charge in [-0.2, -0.15) is 0 Å². The van der Waals surface area contributed by atoms with Gasteiger partial charge in [-0.05, 0) is 30.9 Å². The molecule has 0 N–H and O–H groups in total. The first-order chi connectivity index (χ1) is 5.99. The molecule has 0 atom stereocenters. The predicted molar refractivity (Wildman–Crippen MR) is 63.2 cm³/mol. The van der Waals surface area contributed by atoms with E-state index in [-0.39, 0.29) is 32.3 Å². The number of ether oxygens (including phenoxy) is 1. The summed E-state index contributed by atoms with van der Waals surface area (Å²) < 4.78 is 8.13. The van der Waals surface area contributed by atoms with Crippen molar-refractivity contribution >= 4 is 30.2 Å². The Morgan fingerprint density at radius 1 is 1.38 bits per heavy atom. The van der Waals surface area contributed by atoms with Crippen LogP contribution in [-0.4, -0.2) is 15.1 Å². The Bertz CT molecular complexity index is 293. The Kier molecular flexibility index (Phi) is 3.41. The molecule has 0 radical (unpaired) electrons. The van der Waals surface area contributed by atoms with E-state index in [1.54, 1.807) is 0 Å². The highest BCUT2D eigenvalue weighted by Crippen LogP contribution is 2.14. The molecule has 1 heterocycles. The highest BCUT2D eigenvalue weighted by molar-refractivity contribution is 14.2. The van der Waals surface area contributed by atoms with Crippen LogP contribution < -0.4 is 0 Å². The molecule has 0 bridgehead atoms. The molecule has 0 aromatic carbocycles. The topological polar surface area (TPSA) is 26.3 Å². The second-order valence-corrected chi connectivity index (χ2v) is 6.14. The summed E-state index contributed by atoms with van der Waals surface area (Å²) in [6.07, 6.45) is 5.70. The first-order valence-electron chi connectivity index (χ1n) is 4.06. The van der Waals surface area contributed by atoms with Crippen molar-refractivity contribution in [1.82, 2.24) is 0 Å². The maximum atomic E-state index is 11.5. The zero-order chi connectivity index (χ0) is 9.90. The van der Waals surface area contributed by atoms with Crippen molar-refractivity contribution in [3.05, 3.63) is 22.3 Å². The van der Waals surface area contributed by atoms with E-state index in [4.69, 9.17) is 4.74 Å². The zero-order valence-corrected chi connectivity index (χ0v) is 10.2. The molecule has 1 rings (SSSR count). The summed E-state index contributed by atoms with van der Waals surface area (Å²) >= 11 is -0.271. The SMILES string of the molecule is CC(C)(C)OC(=O)C1=IC=CC=C1. The minimum Gasteiger partial charge on any atom is -0.456 e. The Labute approximate surface area is 88.4 Å². The minimum atomic E-state index is -0.386. The molecule has 0 fully saturated rings. The van der Waals surface area contributed by atoms with Crippen LogP contribution in [0.5, 0.6) is 0 Å². The van der Waals surface area contributed by atoms with Crippen molar-refractivity contribution in [2.24, 2.45) is 0 Å². The van der Waals surface area contributed by atoms with E-state index in [2.05, 4.69) is 4.08 Å². The number of allylic oxidation sites excluding steroid dienone is 2. The molecule has 3 heteroatoms. The molecular formula is C10H13IO2. The summed E-state index contributed by atoms with van der Waals surface area (Å²) in [5.41, 5.74) is -0.386. The lowest BCUT2D eigenvalue weighted by atomic mass is 10.2. The molecule has 1 aliphatic rings. The lowest BCUT2D eigenvalue weighted by Gasteiger charge is -2.19. The van der Waals surface area contributed by atoms with E-state index in [9.17, 15) is 4.79 Å². The third kappa shape index (κ3) is 3.85. The molecule has 0 saturated carbocycles. The summed E-state index contributed by atoms with van der Waals surface area (Å²) in [5, 5.41) is 0. The number of halogens is 1. The van der Waals surface area contributed by atoms with Gasteiger partial charge in [-0.3, -0.25) is 0 Å². The van der Waals surface area contributed by atoms with Crippen LogP contribution in [0.25, 0.3) is 0 Å². The van der Waals surface area contributed by atoms with Crippen molar-refractivity contribution < 1.29 is 9.53 Å². The van der Waals surface area contributed by atoms with Crippen LogP contribution in [0, 0.1) is 0 Å². The number of carbonyl (C=O) groups excluding carboxylic acids is 1. The highest BCUT2D eigenvalue weighted by Gasteiger charge is 2.18. The molecule has 0 aromatic rings. The second-order valence-electron chi connectivity index (χ2n) is 3.64. The van der Waals surface area contributed by atoms with E-state index >= 15 is 0 Å². The molecule has 0 aliphatic carbocycles. The zero-order valence-electron chi connectivity index (χ0n) is 8.00. The Balaban J connectivity index is 2.64. The summed E-state index contributed by atoms with van der Waals surface area (Å²) in [5.74, 6) is -0.166. The van der Waals surface area contributed by atoms with Crippen LogP contribution in [0.1, 0.15) is 20.8 Å². The quantitative estimate of drug-likeness (QED) is 0.548. The van der Waals surface area contributed by atoms with Crippen LogP contribution in [0.15, 0.2) is 22.3 Å². The van der Waals surface area contributed by atoms with Gasteiger partial charge in [0.2, 0.25) is 0 Å². The molecule has 72 valence electrons. The Morgan fingerprint density at radius 2 is 2.08 bits per heavy atom. The van der Waals surface area contributed by atoms with E-state index in [0.717, 1.165) is 3.51 Å². The first kappa shape index (κ1) is 10.6. The van der Waals surface area contributed by atoms with E-state index in [1.807, 2.05) is 39.0 Å². The molecule has 0 saturated heterocycles. The highest BCUT2D eigenvalue weighted by atomic mass is 127. The fraction of sp³-hybridized carbons (Fsp3) is 0.400. The van der Waals surface area contributed by atoms with Crippen molar-refractivity contribution in [3.63, 3.8) is 0 Å². The van der Waals surface area contributed by atoms with Gasteiger partial charge < -0.3 is 4.74 Å². The monoisotopic (exact) mass is 292 g/mol. The third-order valence-electron chi connectivity index (χ3n) is 1.20. The molecule has 2 nitrogen and oxygen atoms in total. The summed E-state index contributed by atoms with van der Waals surface area (Å²) in [7, 11) is 0. The van der Waals surface area contributed by atoms with Gasteiger partial charge >= 0.3 is 5.97 Å². The molecular weight excluding hydrogens is 279 g/mol. The van der Waals surface area contributed by atoms with E-state index < -0.39 is 0 Å². The molecule has 1 aliphatic heterocycles. The number of carbonyl (C=O) groups is 1. The first-order valence-corrected chi connectivity index (χ1v) is 6.38. The summed E-state index contributed by atoms with van der Waals surface area (Å²) in [4.78, 5) is 11.5. The van der Waals surface area contributed by atoms with E-state index in [0.29, 0.717) is 0 Å². The molecule has 0 spiro atoms. The van der Waals surface area contributed by atoms with Crippen molar-refractivity contribution in [3.8, 4) is 0 Å². The average Bonchev–Trinajstić information content (AvgIpc) is 2.03. The van der Waals surface area contributed by atoms with Gasteiger partial charge in [0.25, 0.3) is 0 Å².